The van der Waals surface area contributed by atoms with Gasteiger partial charge in [0.1, 0.15) is 30.5 Å². The molecule has 4 aromatic rings. The van der Waals surface area contributed by atoms with Crippen LogP contribution in [0.1, 0.15) is 57.4 Å². The second-order valence-electron chi connectivity index (χ2n) is 11.6. The lowest BCUT2D eigenvalue weighted by molar-refractivity contribution is -0.139. The van der Waals surface area contributed by atoms with Crippen LogP contribution < -0.4 is 29.1 Å². The van der Waals surface area contributed by atoms with Crippen molar-refractivity contribution in [1.82, 2.24) is 4.57 Å². The minimum absolute atomic E-state index is 0.0983. The van der Waals surface area contributed by atoms with Gasteiger partial charge in [0, 0.05) is 0 Å². The number of carbonyl (C=O) groups excluding carboxylic acids is 1. The van der Waals surface area contributed by atoms with E-state index in [1.165, 1.54) is 16.9 Å². The van der Waals surface area contributed by atoms with Crippen LogP contribution in [0.4, 0.5) is 0 Å². The van der Waals surface area contributed by atoms with E-state index in [9.17, 15) is 9.59 Å². The summed E-state index contributed by atoms with van der Waals surface area (Å²) in [4.78, 5) is 32.1. The fourth-order valence-electron chi connectivity index (χ4n) is 5.07. The van der Waals surface area contributed by atoms with Crippen LogP contribution in [0, 0.1) is 0 Å². The molecule has 0 saturated heterocycles. The molecule has 234 valence electrons. The van der Waals surface area contributed by atoms with Crippen LogP contribution in [0.3, 0.4) is 0 Å². The van der Waals surface area contributed by atoms with Crippen LogP contribution >= 0.6 is 11.3 Å². The molecule has 0 N–H and O–H groups in total. The van der Waals surface area contributed by atoms with E-state index in [-0.39, 0.29) is 17.6 Å². The first-order valence-electron chi connectivity index (χ1n) is 14.9. The molecule has 0 unspecified atom stereocenters. The van der Waals surface area contributed by atoms with Crippen LogP contribution in [0.15, 0.2) is 93.9 Å². The van der Waals surface area contributed by atoms with Crippen LogP contribution in [0.25, 0.3) is 6.08 Å². The zero-order chi connectivity index (χ0) is 32.1. The molecule has 8 nitrogen and oxygen atoms in total. The zero-order valence-electron chi connectivity index (χ0n) is 26.5. The molecule has 0 amide bonds. The second-order valence-corrected chi connectivity index (χ2v) is 12.6. The second kappa shape index (κ2) is 13.6. The molecule has 0 aliphatic carbocycles. The first kappa shape index (κ1) is 31.8. The summed E-state index contributed by atoms with van der Waals surface area (Å²) in [6.07, 6.45) is 1.83. The normalized spacial score (nSPS) is 14.9. The molecule has 0 spiro atoms. The van der Waals surface area contributed by atoms with Crippen molar-refractivity contribution in [2.24, 2.45) is 4.99 Å². The Bertz CT molecular complexity index is 1860. The molecule has 1 aliphatic rings. The standard InChI is InChI=1S/C36H38N2O6S/c1-7-42-34(40)31-23(2)37-35-38(32(31)25-10-16-27(41-6)17-11-25)33(39)30(45-35)22-24-8-14-28(15-9-24)43-20-21-44-29-18-12-26(13-19-29)36(3,4)5/h8-19,22,32H,7,20-21H2,1-6H3/b30-22+/t32-/m1/s1. The molecular formula is C36H38N2O6S. The Balaban J connectivity index is 1.33. The van der Waals surface area contributed by atoms with E-state index in [4.69, 9.17) is 18.9 Å². The highest BCUT2D eigenvalue weighted by molar-refractivity contribution is 7.07. The van der Waals surface area contributed by atoms with Gasteiger partial charge in [-0.1, -0.05) is 68.5 Å². The van der Waals surface area contributed by atoms with Gasteiger partial charge in [-0.3, -0.25) is 9.36 Å². The van der Waals surface area contributed by atoms with Gasteiger partial charge in [-0.2, -0.15) is 0 Å². The van der Waals surface area contributed by atoms with E-state index in [1.54, 1.807) is 25.5 Å². The monoisotopic (exact) mass is 626 g/mol. The number of thiazole rings is 1. The molecule has 0 radical (unpaired) electrons. The summed E-state index contributed by atoms with van der Waals surface area (Å²) in [7, 11) is 1.59. The minimum Gasteiger partial charge on any atom is -0.497 e. The fraction of sp³-hybridized carbons (Fsp3) is 0.306. The van der Waals surface area contributed by atoms with Gasteiger partial charge in [0.15, 0.2) is 4.80 Å². The third kappa shape index (κ3) is 7.20. The predicted molar refractivity (Wildman–Crippen MR) is 176 cm³/mol. The summed E-state index contributed by atoms with van der Waals surface area (Å²) in [6.45, 7) is 11.1. The van der Waals surface area contributed by atoms with E-state index in [2.05, 4.69) is 37.9 Å². The molecule has 0 saturated carbocycles. The van der Waals surface area contributed by atoms with Crippen molar-refractivity contribution in [2.75, 3.05) is 26.9 Å². The van der Waals surface area contributed by atoms with Crippen molar-refractivity contribution in [3.63, 3.8) is 0 Å². The summed E-state index contributed by atoms with van der Waals surface area (Å²) in [6, 6.07) is 22.3. The Morgan fingerprint density at radius 3 is 2.04 bits per heavy atom. The molecule has 1 aliphatic heterocycles. The number of aromatic nitrogens is 1. The van der Waals surface area contributed by atoms with Gasteiger partial charge in [0.25, 0.3) is 5.56 Å². The van der Waals surface area contributed by atoms with Gasteiger partial charge in [0.05, 0.1) is 35.6 Å². The number of benzene rings is 3. The number of ether oxygens (including phenoxy) is 4. The van der Waals surface area contributed by atoms with Crippen molar-refractivity contribution in [1.29, 1.82) is 0 Å². The number of fused-ring (bicyclic) bond motifs is 1. The highest BCUT2D eigenvalue weighted by Crippen LogP contribution is 2.31. The third-order valence-corrected chi connectivity index (χ3v) is 8.45. The molecule has 0 fully saturated rings. The quantitative estimate of drug-likeness (QED) is 0.169. The van der Waals surface area contributed by atoms with Crippen molar-refractivity contribution in [3.05, 3.63) is 120 Å². The Hall–Kier alpha value is -4.63. The van der Waals surface area contributed by atoms with Gasteiger partial charge < -0.3 is 18.9 Å². The lowest BCUT2D eigenvalue weighted by Gasteiger charge is -2.24. The van der Waals surface area contributed by atoms with E-state index in [0.29, 0.717) is 45.3 Å². The number of allylic oxidation sites excluding steroid dienone is 1. The first-order chi connectivity index (χ1) is 21.6. The Morgan fingerprint density at radius 1 is 0.911 bits per heavy atom. The Morgan fingerprint density at radius 2 is 1.49 bits per heavy atom. The van der Waals surface area contributed by atoms with Crippen LogP contribution in [0.5, 0.6) is 17.2 Å². The average molecular weight is 627 g/mol. The number of carbonyl (C=O) groups is 1. The molecule has 5 rings (SSSR count). The van der Waals surface area contributed by atoms with Crippen LogP contribution in [-0.4, -0.2) is 37.5 Å². The van der Waals surface area contributed by atoms with E-state index >= 15 is 0 Å². The van der Waals surface area contributed by atoms with E-state index in [0.717, 1.165) is 16.9 Å². The largest absolute Gasteiger partial charge is 0.497 e. The molecular weight excluding hydrogens is 588 g/mol. The maximum Gasteiger partial charge on any atom is 0.338 e. The van der Waals surface area contributed by atoms with Gasteiger partial charge in [0.2, 0.25) is 0 Å². The van der Waals surface area contributed by atoms with Crippen LogP contribution in [-0.2, 0) is 14.9 Å². The summed E-state index contributed by atoms with van der Waals surface area (Å²) < 4.78 is 24.5. The number of methoxy groups -OCH3 is 1. The van der Waals surface area contributed by atoms with Crippen molar-refractivity contribution in [2.45, 2.75) is 46.1 Å². The Labute approximate surface area is 266 Å². The molecule has 0 bridgehead atoms. The molecule has 9 heteroatoms. The van der Waals surface area contributed by atoms with Gasteiger partial charge in [-0.05, 0) is 78.4 Å². The van der Waals surface area contributed by atoms with Crippen molar-refractivity contribution < 1.29 is 23.7 Å². The van der Waals surface area contributed by atoms with Gasteiger partial charge >= 0.3 is 5.97 Å². The number of rotatable bonds is 10. The van der Waals surface area contributed by atoms with Crippen molar-refractivity contribution >= 4 is 23.4 Å². The first-order valence-corrected chi connectivity index (χ1v) is 15.7. The molecule has 45 heavy (non-hydrogen) atoms. The van der Waals surface area contributed by atoms with Gasteiger partial charge in [-0.15, -0.1) is 0 Å². The number of nitrogens with zero attached hydrogens (tertiary/aromatic N) is 2. The lowest BCUT2D eigenvalue weighted by Crippen LogP contribution is -2.39. The van der Waals surface area contributed by atoms with Crippen LogP contribution in [0.2, 0.25) is 0 Å². The van der Waals surface area contributed by atoms with E-state index < -0.39 is 12.0 Å². The topological polar surface area (TPSA) is 88.4 Å². The SMILES string of the molecule is CCOC(=O)C1=C(C)N=c2s/c(=C/c3ccc(OCCOc4ccc(C(C)(C)C)cc4)cc3)c(=O)n2[C@@H]1c1ccc(OC)cc1. The molecule has 1 atom stereocenters. The maximum atomic E-state index is 13.8. The average Bonchev–Trinajstić information content (AvgIpc) is 3.33. The summed E-state index contributed by atoms with van der Waals surface area (Å²) in [5, 5.41) is 0. The zero-order valence-corrected chi connectivity index (χ0v) is 27.3. The smallest absolute Gasteiger partial charge is 0.338 e. The number of esters is 1. The lowest BCUT2D eigenvalue weighted by atomic mass is 9.87. The molecule has 3 aromatic carbocycles. The molecule has 2 heterocycles. The van der Waals surface area contributed by atoms with Gasteiger partial charge in [-0.25, -0.2) is 9.79 Å². The minimum atomic E-state index is -0.678. The highest BCUT2D eigenvalue weighted by atomic mass is 32.1. The summed E-state index contributed by atoms with van der Waals surface area (Å²) in [5.41, 5.74) is 3.58. The predicted octanol–water partition coefficient (Wildman–Crippen LogP) is 5.56. The maximum absolute atomic E-state index is 13.8. The Kier molecular flexibility index (Phi) is 9.58. The molecule has 1 aromatic heterocycles. The summed E-state index contributed by atoms with van der Waals surface area (Å²) >= 11 is 1.28. The number of hydrogen-bond acceptors (Lipinski definition) is 8. The van der Waals surface area contributed by atoms with Crippen molar-refractivity contribution in [3.8, 4) is 17.2 Å². The fourth-order valence-corrected chi connectivity index (χ4v) is 6.12. The van der Waals surface area contributed by atoms with E-state index in [1.807, 2.05) is 66.7 Å². The third-order valence-electron chi connectivity index (χ3n) is 7.47. The number of hydrogen-bond donors (Lipinski definition) is 0. The highest BCUT2D eigenvalue weighted by Gasteiger charge is 2.33. The summed E-state index contributed by atoms with van der Waals surface area (Å²) in [5.74, 6) is 1.69.